The van der Waals surface area contributed by atoms with Gasteiger partial charge in [-0.2, -0.15) is 0 Å². The van der Waals surface area contributed by atoms with Gasteiger partial charge in [-0.25, -0.2) is 9.59 Å². The van der Waals surface area contributed by atoms with Gasteiger partial charge >= 0.3 is 17.9 Å². The Bertz CT molecular complexity index is 974. The van der Waals surface area contributed by atoms with E-state index in [0.29, 0.717) is 25.0 Å². The van der Waals surface area contributed by atoms with Crippen LogP contribution in [0.15, 0.2) is 36.0 Å². The van der Waals surface area contributed by atoms with E-state index < -0.39 is 17.7 Å². The van der Waals surface area contributed by atoms with Gasteiger partial charge in [-0.05, 0) is 31.9 Å². The van der Waals surface area contributed by atoms with Crippen molar-refractivity contribution in [2.75, 3.05) is 6.61 Å². The lowest BCUT2D eigenvalue weighted by molar-refractivity contribution is -0.244. The number of hydrogen-bond acceptors (Lipinski definition) is 6. The third kappa shape index (κ3) is 3.77. The number of esters is 3. The van der Waals surface area contributed by atoms with Crippen LogP contribution in [0.1, 0.15) is 44.6 Å². The lowest BCUT2D eigenvalue weighted by Crippen LogP contribution is -2.47. The van der Waals surface area contributed by atoms with Crippen LogP contribution in [0.25, 0.3) is 17.0 Å². The number of aromatic nitrogens is 1. The summed E-state index contributed by atoms with van der Waals surface area (Å²) < 4.78 is 17.9. The SMILES string of the molecule is CCOC(=O)Cn1cc(C=C2C(=O)OC3(CCCCC3)OC2=O)c2ccccc21. The molecule has 4 rings (SSSR count). The first-order valence-electron chi connectivity index (χ1n) is 9.93. The van der Waals surface area contributed by atoms with E-state index in [1.807, 2.05) is 24.3 Å². The predicted octanol–water partition coefficient (Wildman–Crippen LogP) is 3.35. The average molecular weight is 397 g/mol. The highest BCUT2D eigenvalue weighted by molar-refractivity contribution is 6.19. The van der Waals surface area contributed by atoms with Gasteiger partial charge < -0.3 is 18.8 Å². The Balaban J connectivity index is 1.66. The van der Waals surface area contributed by atoms with E-state index in [2.05, 4.69) is 0 Å². The number of benzene rings is 1. The molecule has 152 valence electrons. The van der Waals surface area contributed by atoms with Crippen LogP contribution in [-0.4, -0.2) is 34.9 Å². The maximum absolute atomic E-state index is 12.6. The minimum atomic E-state index is -1.11. The molecule has 1 saturated heterocycles. The summed E-state index contributed by atoms with van der Waals surface area (Å²) in [5, 5.41) is 0.808. The third-order valence-corrected chi connectivity index (χ3v) is 5.34. The van der Waals surface area contributed by atoms with Gasteiger partial charge in [-0.15, -0.1) is 0 Å². The molecule has 1 saturated carbocycles. The summed E-state index contributed by atoms with van der Waals surface area (Å²) in [6, 6.07) is 7.45. The molecule has 0 amide bonds. The van der Waals surface area contributed by atoms with Gasteiger partial charge in [-0.3, -0.25) is 4.79 Å². The fourth-order valence-electron chi connectivity index (χ4n) is 3.99. The third-order valence-electron chi connectivity index (χ3n) is 5.34. The smallest absolute Gasteiger partial charge is 0.348 e. The predicted molar refractivity (Wildman–Crippen MR) is 105 cm³/mol. The second-order valence-electron chi connectivity index (χ2n) is 7.34. The highest BCUT2D eigenvalue weighted by atomic mass is 16.7. The molecule has 1 aliphatic heterocycles. The molecule has 2 aliphatic rings. The van der Waals surface area contributed by atoms with Crippen molar-refractivity contribution in [2.45, 2.75) is 51.4 Å². The molecule has 1 aromatic carbocycles. The average Bonchev–Trinajstić information content (AvgIpc) is 3.03. The summed E-state index contributed by atoms with van der Waals surface area (Å²) in [7, 11) is 0. The maximum atomic E-state index is 12.6. The zero-order valence-electron chi connectivity index (χ0n) is 16.3. The van der Waals surface area contributed by atoms with Crippen molar-refractivity contribution < 1.29 is 28.6 Å². The van der Waals surface area contributed by atoms with E-state index in [1.165, 1.54) is 6.08 Å². The van der Waals surface area contributed by atoms with Crippen LogP contribution in [0.5, 0.6) is 0 Å². The van der Waals surface area contributed by atoms with Gasteiger partial charge in [0.05, 0.1) is 6.61 Å². The van der Waals surface area contributed by atoms with E-state index in [-0.39, 0.29) is 18.1 Å². The number of carbonyl (C=O) groups excluding carboxylic acids is 3. The Morgan fingerprint density at radius 1 is 1.14 bits per heavy atom. The molecular weight excluding hydrogens is 374 g/mol. The van der Waals surface area contributed by atoms with E-state index in [0.717, 1.165) is 30.2 Å². The van der Waals surface area contributed by atoms with Crippen molar-refractivity contribution in [2.24, 2.45) is 0 Å². The van der Waals surface area contributed by atoms with E-state index in [4.69, 9.17) is 14.2 Å². The Kier molecular flexibility index (Phi) is 5.13. The van der Waals surface area contributed by atoms with Crippen molar-refractivity contribution in [1.29, 1.82) is 0 Å². The van der Waals surface area contributed by atoms with Gasteiger partial charge in [0.25, 0.3) is 5.79 Å². The highest BCUT2D eigenvalue weighted by Gasteiger charge is 2.46. The zero-order valence-corrected chi connectivity index (χ0v) is 16.3. The quantitative estimate of drug-likeness (QED) is 0.447. The fraction of sp³-hybridized carbons (Fsp3) is 0.409. The Labute approximate surface area is 168 Å². The lowest BCUT2D eigenvalue weighted by Gasteiger charge is -2.38. The summed E-state index contributed by atoms with van der Waals surface area (Å²) in [5.41, 5.74) is 1.29. The molecule has 7 nitrogen and oxygen atoms in total. The fourth-order valence-corrected chi connectivity index (χ4v) is 3.99. The standard InChI is InChI=1S/C22H23NO6/c1-2-27-19(24)14-23-13-15(16-8-4-5-9-18(16)23)12-17-20(25)28-22(29-21(17)26)10-6-3-7-11-22/h4-5,8-9,12-13H,2-3,6-7,10-11,14H2,1H3. The molecule has 2 fully saturated rings. The Morgan fingerprint density at radius 3 is 2.52 bits per heavy atom. The summed E-state index contributed by atoms with van der Waals surface area (Å²) in [6.45, 7) is 2.09. The van der Waals surface area contributed by atoms with Crippen LogP contribution in [0, 0.1) is 0 Å². The number of fused-ring (bicyclic) bond motifs is 1. The van der Waals surface area contributed by atoms with Gasteiger partial charge in [0.2, 0.25) is 0 Å². The van der Waals surface area contributed by atoms with Crippen LogP contribution in [-0.2, 0) is 35.1 Å². The summed E-state index contributed by atoms with van der Waals surface area (Å²) in [6.07, 6.45) is 7.04. The first-order valence-corrected chi connectivity index (χ1v) is 9.93. The van der Waals surface area contributed by atoms with E-state index in [1.54, 1.807) is 17.7 Å². The molecule has 0 N–H and O–H groups in total. The molecule has 1 spiro atoms. The van der Waals surface area contributed by atoms with Crippen LogP contribution in [0.3, 0.4) is 0 Å². The van der Waals surface area contributed by atoms with Crippen LogP contribution in [0.4, 0.5) is 0 Å². The number of hydrogen-bond donors (Lipinski definition) is 0. The lowest BCUT2D eigenvalue weighted by atomic mass is 9.93. The summed E-state index contributed by atoms with van der Waals surface area (Å²) in [5.74, 6) is -2.79. The first kappa shape index (κ1) is 19.2. The van der Waals surface area contributed by atoms with E-state index >= 15 is 0 Å². The number of ether oxygens (including phenoxy) is 3. The van der Waals surface area contributed by atoms with Crippen molar-refractivity contribution >= 4 is 34.9 Å². The second-order valence-corrected chi connectivity index (χ2v) is 7.34. The Morgan fingerprint density at radius 2 is 1.83 bits per heavy atom. The molecule has 0 bridgehead atoms. The van der Waals surface area contributed by atoms with Crippen LogP contribution in [0.2, 0.25) is 0 Å². The van der Waals surface area contributed by atoms with Crippen molar-refractivity contribution in [3.63, 3.8) is 0 Å². The van der Waals surface area contributed by atoms with Crippen LogP contribution < -0.4 is 0 Å². The molecule has 7 heteroatoms. The number of carbonyl (C=O) groups is 3. The number of rotatable bonds is 4. The van der Waals surface area contributed by atoms with Gasteiger partial charge in [0, 0.05) is 35.5 Å². The maximum Gasteiger partial charge on any atom is 0.348 e. The van der Waals surface area contributed by atoms with Gasteiger partial charge in [0.15, 0.2) is 0 Å². The molecular formula is C22H23NO6. The minimum Gasteiger partial charge on any atom is -0.465 e. The van der Waals surface area contributed by atoms with Gasteiger partial charge in [-0.1, -0.05) is 24.6 Å². The van der Waals surface area contributed by atoms with Crippen molar-refractivity contribution in [3.8, 4) is 0 Å². The summed E-state index contributed by atoms with van der Waals surface area (Å²) in [4.78, 5) is 37.2. The molecule has 1 aromatic heterocycles. The minimum absolute atomic E-state index is 0.0372. The zero-order chi connectivity index (χ0) is 20.4. The molecule has 2 heterocycles. The van der Waals surface area contributed by atoms with Gasteiger partial charge in [0.1, 0.15) is 12.1 Å². The normalized spacial score (nSPS) is 18.4. The Hall–Kier alpha value is -3.09. The second kappa shape index (κ2) is 7.73. The highest BCUT2D eigenvalue weighted by Crippen LogP contribution is 2.37. The van der Waals surface area contributed by atoms with Crippen molar-refractivity contribution in [1.82, 2.24) is 4.57 Å². The molecule has 1 aliphatic carbocycles. The number of nitrogens with zero attached hydrogens (tertiary/aromatic N) is 1. The van der Waals surface area contributed by atoms with Crippen molar-refractivity contribution in [3.05, 3.63) is 41.6 Å². The van der Waals surface area contributed by atoms with Crippen LogP contribution >= 0.6 is 0 Å². The largest absolute Gasteiger partial charge is 0.465 e. The monoisotopic (exact) mass is 397 g/mol. The molecule has 0 unspecified atom stereocenters. The number of para-hydroxylation sites is 1. The molecule has 29 heavy (non-hydrogen) atoms. The first-order chi connectivity index (χ1) is 14.0. The molecule has 0 atom stereocenters. The topological polar surface area (TPSA) is 83.8 Å². The van der Waals surface area contributed by atoms with E-state index in [9.17, 15) is 14.4 Å². The molecule has 2 aromatic rings. The summed E-state index contributed by atoms with van der Waals surface area (Å²) >= 11 is 0. The molecule has 0 radical (unpaired) electrons.